The number of thiazole rings is 1. The van der Waals surface area contributed by atoms with E-state index in [1.54, 1.807) is 17.0 Å². The fraction of sp³-hybridized carbons (Fsp3) is 0.400. The molecule has 1 aromatic carbocycles. The smallest absolute Gasteiger partial charge is 0.355 e. The van der Waals surface area contributed by atoms with Crippen molar-refractivity contribution in [3.05, 3.63) is 51.5 Å². The second-order valence-corrected chi connectivity index (χ2v) is 8.04. The molecule has 28 heavy (non-hydrogen) atoms. The molecule has 2 fully saturated rings. The predicted molar refractivity (Wildman–Crippen MR) is 103 cm³/mol. The number of carboxylic acids is 1. The summed E-state index contributed by atoms with van der Waals surface area (Å²) >= 11 is 1.29. The summed E-state index contributed by atoms with van der Waals surface area (Å²) in [5, 5.41) is 11.3. The normalized spacial score (nSPS) is 19.4. The highest BCUT2D eigenvalue weighted by Gasteiger charge is 2.33. The molecular weight excluding hydrogens is 378 g/mol. The Hall–Kier alpha value is -2.74. The van der Waals surface area contributed by atoms with Crippen LogP contribution in [0.2, 0.25) is 0 Å². The molecule has 0 bridgehead atoms. The zero-order valence-electron chi connectivity index (χ0n) is 15.3. The SMILES string of the molecule is O=C(O)c1csc(C2CCCN2C(=O)c2ccc(CN3CCCC3=O)cc2)n1. The summed E-state index contributed by atoms with van der Waals surface area (Å²) in [7, 11) is 0. The number of aromatic nitrogens is 1. The summed E-state index contributed by atoms with van der Waals surface area (Å²) in [5.41, 5.74) is 1.63. The number of aromatic carboxylic acids is 1. The van der Waals surface area contributed by atoms with Gasteiger partial charge in [-0.1, -0.05) is 12.1 Å². The first-order valence-corrected chi connectivity index (χ1v) is 10.3. The lowest BCUT2D eigenvalue weighted by molar-refractivity contribution is -0.128. The van der Waals surface area contributed by atoms with Crippen LogP contribution in [0.1, 0.15) is 63.1 Å². The summed E-state index contributed by atoms with van der Waals surface area (Å²) < 4.78 is 0. The molecule has 2 aliphatic heterocycles. The van der Waals surface area contributed by atoms with Gasteiger partial charge in [0, 0.05) is 37.0 Å². The van der Waals surface area contributed by atoms with Gasteiger partial charge in [-0.05, 0) is 37.0 Å². The van der Waals surface area contributed by atoms with Crippen molar-refractivity contribution in [2.24, 2.45) is 0 Å². The molecule has 4 rings (SSSR count). The number of likely N-dealkylation sites (tertiary alicyclic amines) is 2. The minimum Gasteiger partial charge on any atom is -0.476 e. The second kappa shape index (κ2) is 7.71. The van der Waals surface area contributed by atoms with E-state index < -0.39 is 5.97 Å². The first-order valence-electron chi connectivity index (χ1n) is 9.39. The molecule has 1 unspecified atom stereocenters. The van der Waals surface area contributed by atoms with Crippen molar-refractivity contribution in [2.45, 2.75) is 38.3 Å². The van der Waals surface area contributed by atoms with Gasteiger partial charge in [0.15, 0.2) is 5.69 Å². The molecule has 2 aliphatic rings. The fourth-order valence-corrected chi connectivity index (χ4v) is 4.75. The summed E-state index contributed by atoms with van der Waals surface area (Å²) in [6, 6.07) is 7.23. The topological polar surface area (TPSA) is 90.8 Å². The van der Waals surface area contributed by atoms with Gasteiger partial charge < -0.3 is 14.9 Å². The Morgan fingerprint density at radius 3 is 2.61 bits per heavy atom. The van der Waals surface area contributed by atoms with E-state index in [0.29, 0.717) is 30.1 Å². The average Bonchev–Trinajstić information content (AvgIpc) is 3.42. The standard InChI is InChI=1S/C20H21N3O4S/c24-17-4-2-9-22(17)11-13-5-7-14(8-6-13)19(25)23-10-1-3-16(23)18-21-15(12-28-18)20(26)27/h5-8,12,16H,1-4,9-11H2,(H,26,27). The molecule has 8 heteroatoms. The zero-order valence-corrected chi connectivity index (χ0v) is 16.2. The van der Waals surface area contributed by atoms with E-state index in [1.807, 2.05) is 17.0 Å². The van der Waals surface area contributed by atoms with Crippen LogP contribution in [0.25, 0.3) is 0 Å². The number of carbonyl (C=O) groups excluding carboxylic acids is 2. The number of rotatable bonds is 5. The second-order valence-electron chi connectivity index (χ2n) is 7.15. The maximum absolute atomic E-state index is 13.0. The van der Waals surface area contributed by atoms with Gasteiger partial charge in [0.2, 0.25) is 5.91 Å². The first-order chi connectivity index (χ1) is 13.5. The highest BCUT2D eigenvalue weighted by molar-refractivity contribution is 7.09. The molecular formula is C20H21N3O4S. The molecule has 1 aromatic heterocycles. The van der Waals surface area contributed by atoms with Crippen molar-refractivity contribution in [2.75, 3.05) is 13.1 Å². The molecule has 7 nitrogen and oxygen atoms in total. The van der Waals surface area contributed by atoms with E-state index in [2.05, 4.69) is 4.98 Å². The van der Waals surface area contributed by atoms with Crippen LogP contribution in [-0.4, -0.2) is 50.8 Å². The average molecular weight is 399 g/mol. The van der Waals surface area contributed by atoms with Gasteiger partial charge in [-0.2, -0.15) is 0 Å². The molecule has 146 valence electrons. The van der Waals surface area contributed by atoms with Crippen LogP contribution in [-0.2, 0) is 11.3 Å². The third-order valence-corrected chi connectivity index (χ3v) is 6.23. The van der Waals surface area contributed by atoms with E-state index >= 15 is 0 Å². The van der Waals surface area contributed by atoms with Crippen LogP contribution in [0.3, 0.4) is 0 Å². The highest BCUT2D eigenvalue weighted by atomic mass is 32.1. The van der Waals surface area contributed by atoms with Gasteiger partial charge in [0.1, 0.15) is 5.01 Å². The highest BCUT2D eigenvalue weighted by Crippen LogP contribution is 2.34. The molecule has 2 aromatic rings. The molecule has 1 atom stereocenters. The van der Waals surface area contributed by atoms with Crippen LogP contribution < -0.4 is 0 Å². The number of amides is 2. The Morgan fingerprint density at radius 1 is 1.18 bits per heavy atom. The molecule has 0 aliphatic carbocycles. The maximum atomic E-state index is 13.0. The van der Waals surface area contributed by atoms with Crippen LogP contribution in [0.4, 0.5) is 0 Å². The lowest BCUT2D eigenvalue weighted by atomic mass is 10.1. The molecule has 3 heterocycles. The quantitative estimate of drug-likeness (QED) is 0.835. The molecule has 1 N–H and O–H groups in total. The van der Waals surface area contributed by atoms with Crippen molar-refractivity contribution in [3.8, 4) is 0 Å². The van der Waals surface area contributed by atoms with Gasteiger partial charge in [-0.25, -0.2) is 9.78 Å². The lowest BCUT2D eigenvalue weighted by Gasteiger charge is -2.23. The van der Waals surface area contributed by atoms with Crippen LogP contribution >= 0.6 is 11.3 Å². The minimum absolute atomic E-state index is 0.0279. The summed E-state index contributed by atoms with van der Waals surface area (Å²) in [6.45, 7) is 2.01. The first kappa shape index (κ1) is 18.6. The molecule has 2 saturated heterocycles. The largest absolute Gasteiger partial charge is 0.476 e. The van der Waals surface area contributed by atoms with E-state index in [1.165, 1.54) is 16.7 Å². The number of nitrogens with zero attached hydrogens (tertiary/aromatic N) is 3. The lowest BCUT2D eigenvalue weighted by Crippen LogP contribution is -2.30. The Labute approximate surface area is 166 Å². The van der Waals surface area contributed by atoms with E-state index in [-0.39, 0.29) is 23.6 Å². The van der Waals surface area contributed by atoms with Crippen molar-refractivity contribution < 1.29 is 19.5 Å². The third kappa shape index (κ3) is 3.64. The Morgan fingerprint density at radius 2 is 1.96 bits per heavy atom. The van der Waals surface area contributed by atoms with E-state index in [9.17, 15) is 14.4 Å². The minimum atomic E-state index is -1.05. The Kier molecular flexibility index (Phi) is 5.13. The molecule has 0 spiro atoms. The van der Waals surface area contributed by atoms with Gasteiger partial charge in [-0.15, -0.1) is 11.3 Å². The zero-order chi connectivity index (χ0) is 19.7. The Bertz CT molecular complexity index is 908. The number of benzene rings is 1. The number of hydrogen-bond donors (Lipinski definition) is 1. The fourth-order valence-electron chi connectivity index (χ4n) is 3.82. The number of carbonyl (C=O) groups is 3. The number of carboxylic acid groups (broad SMARTS) is 1. The molecule has 2 amide bonds. The summed E-state index contributed by atoms with van der Waals surface area (Å²) in [4.78, 5) is 43.7. The predicted octanol–water partition coefficient (Wildman–Crippen LogP) is 2.94. The monoisotopic (exact) mass is 399 g/mol. The molecule has 0 radical (unpaired) electrons. The van der Waals surface area contributed by atoms with Crippen LogP contribution in [0.5, 0.6) is 0 Å². The molecule has 0 saturated carbocycles. The van der Waals surface area contributed by atoms with Gasteiger partial charge in [0.25, 0.3) is 5.91 Å². The summed E-state index contributed by atoms with van der Waals surface area (Å²) in [6.07, 6.45) is 3.18. The van der Waals surface area contributed by atoms with E-state index in [0.717, 1.165) is 31.4 Å². The van der Waals surface area contributed by atoms with Crippen molar-refractivity contribution in [3.63, 3.8) is 0 Å². The van der Waals surface area contributed by atoms with E-state index in [4.69, 9.17) is 5.11 Å². The summed E-state index contributed by atoms with van der Waals surface area (Å²) in [5.74, 6) is -0.937. The van der Waals surface area contributed by atoms with Crippen LogP contribution in [0.15, 0.2) is 29.6 Å². The van der Waals surface area contributed by atoms with Crippen molar-refractivity contribution in [1.29, 1.82) is 0 Å². The Balaban J connectivity index is 1.46. The van der Waals surface area contributed by atoms with Gasteiger partial charge in [-0.3, -0.25) is 9.59 Å². The van der Waals surface area contributed by atoms with Gasteiger partial charge in [0.05, 0.1) is 6.04 Å². The van der Waals surface area contributed by atoms with Crippen LogP contribution in [0, 0.1) is 0 Å². The van der Waals surface area contributed by atoms with Crippen molar-refractivity contribution >= 4 is 29.1 Å². The van der Waals surface area contributed by atoms with Crippen molar-refractivity contribution in [1.82, 2.24) is 14.8 Å². The van der Waals surface area contributed by atoms with Gasteiger partial charge >= 0.3 is 5.97 Å². The third-order valence-electron chi connectivity index (χ3n) is 5.29. The maximum Gasteiger partial charge on any atom is 0.355 e. The number of hydrogen-bond acceptors (Lipinski definition) is 5.